The van der Waals surface area contributed by atoms with Gasteiger partial charge in [-0.2, -0.15) is 4.31 Å². The van der Waals surface area contributed by atoms with Crippen LogP contribution in [0.2, 0.25) is 5.02 Å². The summed E-state index contributed by atoms with van der Waals surface area (Å²) >= 11 is 5.86. The number of halogens is 1. The maximum atomic E-state index is 12.8. The molecule has 2 aromatic carbocycles. The van der Waals surface area contributed by atoms with Gasteiger partial charge in [-0.25, -0.2) is 8.42 Å². The molecule has 4 rings (SSSR count). The first-order valence-electron chi connectivity index (χ1n) is 10.3. The highest BCUT2D eigenvalue weighted by Gasteiger charge is 2.29. The van der Waals surface area contributed by atoms with E-state index in [-0.39, 0.29) is 23.4 Å². The van der Waals surface area contributed by atoms with Crippen molar-refractivity contribution < 1.29 is 13.2 Å². The molecule has 1 heterocycles. The highest BCUT2D eigenvalue weighted by Crippen LogP contribution is 2.29. The smallest absolute Gasteiger partial charge is 0.243 e. The van der Waals surface area contributed by atoms with Crippen molar-refractivity contribution in [3.63, 3.8) is 0 Å². The summed E-state index contributed by atoms with van der Waals surface area (Å²) in [6.07, 6.45) is 3.09. The van der Waals surface area contributed by atoms with E-state index in [1.165, 1.54) is 27.6 Å². The number of aryl methyl sites for hydroxylation is 1. The number of carbonyl (C=O) groups excluding carboxylic acids is 1. The summed E-state index contributed by atoms with van der Waals surface area (Å²) in [4.78, 5) is 14.9. The number of carbonyl (C=O) groups is 1. The van der Waals surface area contributed by atoms with Crippen LogP contribution in [-0.2, 0) is 21.2 Å². The summed E-state index contributed by atoms with van der Waals surface area (Å²) in [6.45, 7) is 2.07. The maximum absolute atomic E-state index is 12.8. The van der Waals surface area contributed by atoms with Crippen LogP contribution in [0, 0.1) is 0 Å². The van der Waals surface area contributed by atoms with E-state index >= 15 is 0 Å². The van der Waals surface area contributed by atoms with E-state index in [4.69, 9.17) is 11.6 Å². The minimum atomic E-state index is -3.54. The average molecular weight is 448 g/mol. The Balaban J connectivity index is 1.31. The van der Waals surface area contributed by atoms with Gasteiger partial charge in [-0.15, -0.1) is 0 Å². The van der Waals surface area contributed by atoms with Crippen LogP contribution >= 0.6 is 11.6 Å². The number of benzene rings is 2. The molecular formula is C22H26ClN3O3S. The van der Waals surface area contributed by atoms with Gasteiger partial charge in [0.2, 0.25) is 15.9 Å². The summed E-state index contributed by atoms with van der Waals surface area (Å²) in [6, 6.07) is 14.6. The molecule has 1 N–H and O–H groups in total. The van der Waals surface area contributed by atoms with Crippen molar-refractivity contribution in [1.29, 1.82) is 0 Å². The molecule has 0 aromatic heterocycles. The van der Waals surface area contributed by atoms with Crippen LogP contribution in [0.15, 0.2) is 53.4 Å². The van der Waals surface area contributed by atoms with Crippen molar-refractivity contribution in [2.75, 3.05) is 32.7 Å². The van der Waals surface area contributed by atoms with E-state index in [0.29, 0.717) is 31.2 Å². The first kappa shape index (κ1) is 21.3. The lowest BCUT2D eigenvalue weighted by atomic mass is 9.88. The molecule has 1 aliphatic carbocycles. The Kier molecular flexibility index (Phi) is 6.43. The van der Waals surface area contributed by atoms with E-state index in [1.54, 1.807) is 12.1 Å². The molecule has 0 radical (unpaired) electrons. The lowest BCUT2D eigenvalue weighted by molar-refractivity contribution is -0.123. The molecule has 1 aliphatic heterocycles. The first-order chi connectivity index (χ1) is 14.4. The first-order valence-corrected chi connectivity index (χ1v) is 12.1. The Hall–Kier alpha value is -1.93. The lowest BCUT2D eigenvalue weighted by Crippen LogP contribution is -2.51. The van der Waals surface area contributed by atoms with Gasteiger partial charge in [0.15, 0.2) is 0 Å². The number of sulfonamides is 1. The van der Waals surface area contributed by atoms with Crippen molar-refractivity contribution in [3.8, 4) is 0 Å². The second kappa shape index (κ2) is 9.06. The number of hydrogen-bond acceptors (Lipinski definition) is 4. The number of hydrogen-bond donors (Lipinski definition) is 1. The molecule has 30 heavy (non-hydrogen) atoms. The number of nitrogens with zero attached hydrogens (tertiary/aromatic N) is 2. The van der Waals surface area contributed by atoms with E-state index in [0.717, 1.165) is 19.3 Å². The van der Waals surface area contributed by atoms with E-state index in [9.17, 15) is 13.2 Å². The fourth-order valence-corrected chi connectivity index (χ4v) is 5.78. The number of fused-ring (bicyclic) bond motifs is 1. The summed E-state index contributed by atoms with van der Waals surface area (Å²) in [5.74, 6) is -0.00860. The van der Waals surface area contributed by atoms with Crippen LogP contribution in [-0.4, -0.2) is 56.3 Å². The molecule has 1 saturated heterocycles. The van der Waals surface area contributed by atoms with Gasteiger partial charge in [-0.1, -0.05) is 35.9 Å². The minimum Gasteiger partial charge on any atom is -0.348 e. The molecule has 6 nitrogen and oxygen atoms in total. The van der Waals surface area contributed by atoms with Gasteiger partial charge in [0.1, 0.15) is 0 Å². The van der Waals surface area contributed by atoms with Crippen molar-refractivity contribution >= 4 is 27.5 Å². The number of amides is 1. The molecule has 0 bridgehead atoms. The normalized spacial score (nSPS) is 20.5. The molecule has 0 spiro atoms. The second-order valence-corrected chi connectivity index (χ2v) is 10.2. The Morgan fingerprint density at radius 3 is 2.47 bits per heavy atom. The van der Waals surface area contributed by atoms with Crippen LogP contribution in [0.4, 0.5) is 0 Å². The third kappa shape index (κ3) is 4.70. The van der Waals surface area contributed by atoms with Gasteiger partial charge in [0.05, 0.1) is 17.5 Å². The Bertz CT molecular complexity index is 1000. The molecule has 0 saturated carbocycles. The predicted molar refractivity (Wildman–Crippen MR) is 117 cm³/mol. The molecule has 2 aromatic rings. The maximum Gasteiger partial charge on any atom is 0.243 e. The van der Waals surface area contributed by atoms with Gasteiger partial charge in [-0.3, -0.25) is 9.69 Å². The number of piperazine rings is 1. The number of nitrogens with one attached hydrogen (secondary N) is 1. The zero-order valence-corrected chi connectivity index (χ0v) is 18.3. The fraction of sp³-hybridized carbons (Fsp3) is 0.409. The highest BCUT2D eigenvalue weighted by atomic mass is 35.5. The SMILES string of the molecule is O=C(CN1CCN(S(=O)(=O)c2ccc(Cl)cc2)CC1)NC1CCCc2ccccc21. The highest BCUT2D eigenvalue weighted by molar-refractivity contribution is 7.89. The van der Waals surface area contributed by atoms with Crippen LogP contribution < -0.4 is 5.32 Å². The van der Waals surface area contributed by atoms with Crippen LogP contribution in [0.5, 0.6) is 0 Å². The number of rotatable bonds is 5. The Morgan fingerprint density at radius 2 is 1.73 bits per heavy atom. The van der Waals surface area contributed by atoms with Gasteiger partial charge in [0, 0.05) is 31.2 Å². The Labute approximate surface area is 182 Å². The van der Waals surface area contributed by atoms with Crippen LogP contribution in [0.25, 0.3) is 0 Å². The molecule has 160 valence electrons. The van der Waals surface area contributed by atoms with Crippen molar-refractivity contribution in [2.24, 2.45) is 0 Å². The topological polar surface area (TPSA) is 69.7 Å². The zero-order valence-electron chi connectivity index (χ0n) is 16.8. The summed E-state index contributed by atoms with van der Waals surface area (Å²) in [7, 11) is -3.54. The van der Waals surface area contributed by atoms with Crippen molar-refractivity contribution in [3.05, 3.63) is 64.7 Å². The van der Waals surface area contributed by atoms with E-state index in [1.807, 2.05) is 17.0 Å². The van der Waals surface area contributed by atoms with Gasteiger partial charge in [0.25, 0.3) is 0 Å². The largest absolute Gasteiger partial charge is 0.348 e. The summed E-state index contributed by atoms with van der Waals surface area (Å²) in [5.41, 5.74) is 2.53. The molecule has 8 heteroatoms. The zero-order chi connectivity index (χ0) is 21.1. The average Bonchev–Trinajstić information content (AvgIpc) is 2.75. The summed E-state index contributed by atoms with van der Waals surface area (Å²) in [5, 5.41) is 3.67. The fourth-order valence-electron chi connectivity index (χ4n) is 4.23. The molecule has 1 atom stereocenters. The van der Waals surface area contributed by atoms with Crippen molar-refractivity contribution in [1.82, 2.24) is 14.5 Å². The van der Waals surface area contributed by atoms with Crippen molar-refractivity contribution in [2.45, 2.75) is 30.2 Å². The minimum absolute atomic E-state index is 0.00860. The molecule has 2 aliphatic rings. The third-order valence-corrected chi connectivity index (χ3v) is 8.02. The molecule has 1 unspecified atom stereocenters. The lowest BCUT2D eigenvalue weighted by Gasteiger charge is -2.34. The summed E-state index contributed by atoms with van der Waals surface area (Å²) < 4.78 is 27.1. The van der Waals surface area contributed by atoms with E-state index in [2.05, 4.69) is 17.4 Å². The van der Waals surface area contributed by atoms with Gasteiger partial charge < -0.3 is 5.32 Å². The van der Waals surface area contributed by atoms with E-state index < -0.39 is 10.0 Å². The van der Waals surface area contributed by atoms with Crippen LogP contribution in [0.1, 0.15) is 30.0 Å². The quantitative estimate of drug-likeness (QED) is 0.765. The Morgan fingerprint density at radius 1 is 1.03 bits per heavy atom. The predicted octanol–water partition coefficient (Wildman–Crippen LogP) is 2.84. The standard InChI is InChI=1S/C22H26ClN3O3S/c23-18-8-10-19(11-9-18)30(28,29)26-14-12-25(13-15-26)16-22(27)24-21-7-3-5-17-4-1-2-6-20(17)21/h1-2,4,6,8-11,21H,3,5,7,12-16H2,(H,24,27). The molecule has 1 amide bonds. The second-order valence-electron chi connectivity index (χ2n) is 7.85. The van der Waals surface area contributed by atoms with Gasteiger partial charge >= 0.3 is 0 Å². The van der Waals surface area contributed by atoms with Gasteiger partial charge in [-0.05, 0) is 54.7 Å². The third-order valence-electron chi connectivity index (χ3n) is 5.85. The monoisotopic (exact) mass is 447 g/mol. The van der Waals surface area contributed by atoms with Crippen LogP contribution in [0.3, 0.4) is 0 Å². The molecule has 1 fully saturated rings. The molecular weight excluding hydrogens is 422 g/mol.